The van der Waals surface area contributed by atoms with Crippen molar-refractivity contribution in [3.05, 3.63) is 0 Å². The van der Waals surface area contributed by atoms with Crippen LogP contribution in [0.25, 0.3) is 0 Å². The minimum atomic E-state index is 0.118. The summed E-state index contributed by atoms with van der Waals surface area (Å²) in [7, 11) is 0. The summed E-state index contributed by atoms with van der Waals surface area (Å²) in [5.41, 5.74) is 0. The molecule has 3 N–H and O–H groups in total. The van der Waals surface area contributed by atoms with Gasteiger partial charge in [-0.1, -0.05) is 0 Å². The molecule has 88 valence electrons. The summed E-state index contributed by atoms with van der Waals surface area (Å²) in [6.07, 6.45) is 2.19. The van der Waals surface area contributed by atoms with E-state index in [9.17, 15) is 4.79 Å². The lowest BCUT2D eigenvalue weighted by atomic mass is 10.2. The molecule has 0 aromatic carbocycles. The van der Waals surface area contributed by atoms with Crippen molar-refractivity contribution in [2.24, 2.45) is 0 Å². The molecule has 0 aliphatic carbocycles. The Labute approximate surface area is 95.2 Å². The molecule has 1 heterocycles. The minimum absolute atomic E-state index is 0.118. The number of carbonyl (C=O) groups is 1. The zero-order valence-electron chi connectivity index (χ0n) is 9.00. The number of carbonyl (C=O) groups excluding carboxylic acids is 1. The topological polar surface area (TPSA) is 61.4 Å². The van der Waals surface area contributed by atoms with E-state index in [0.29, 0.717) is 19.0 Å². The fraction of sp³-hybridized carbons (Fsp3) is 0.900. The summed E-state index contributed by atoms with van der Waals surface area (Å²) in [4.78, 5) is 11.5. The number of rotatable bonds is 6. The van der Waals surface area contributed by atoms with Crippen LogP contribution in [0, 0.1) is 0 Å². The van der Waals surface area contributed by atoms with Crippen LogP contribution in [0.15, 0.2) is 0 Å². The molecular weight excluding hydrogens is 212 g/mol. The molecule has 1 rings (SSSR count). The lowest BCUT2D eigenvalue weighted by molar-refractivity contribution is -0.121. The highest BCUT2D eigenvalue weighted by Crippen LogP contribution is 2.09. The van der Waals surface area contributed by atoms with Gasteiger partial charge in [0.25, 0.3) is 0 Å². The maximum Gasteiger partial charge on any atom is 0.221 e. The molecule has 1 fully saturated rings. The SMILES string of the molecule is O=C(CC1CSCCN1)NCCCCO. The molecule has 0 spiro atoms. The third-order valence-corrected chi connectivity index (χ3v) is 3.47. The van der Waals surface area contributed by atoms with Gasteiger partial charge >= 0.3 is 0 Å². The van der Waals surface area contributed by atoms with E-state index in [1.807, 2.05) is 11.8 Å². The van der Waals surface area contributed by atoms with E-state index in [-0.39, 0.29) is 12.5 Å². The van der Waals surface area contributed by atoms with E-state index in [1.165, 1.54) is 0 Å². The first-order valence-corrected chi connectivity index (χ1v) is 6.67. The molecule has 0 bridgehead atoms. The number of hydrogen-bond donors (Lipinski definition) is 3. The number of aliphatic hydroxyl groups is 1. The van der Waals surface area contributed by atoms with Gasteiger partial charge in [0.2, 0.25) is 5.91 Å². The van der Waals surface area contributed by atoms with Crippen molar-refractivity contribution in [1.82, 2.24) is 10.6 Å². The van der Waals surface area contributed by atoms with Gasteiger partial charge in [0, 0.05) is 43.7 Å². The average molecular weight is 232 g/mol. The quantitative estimate of drug-likeness (QED) is 0.563. The minimum Gasteiger partial charge on any atom is -0.396 e. The number of amides is 1. The van der Waals surface area contributed by atoms with Crippen molar-refractivity contribution in [2.75, 3.05) is 31.2 Å². The van der Waals surface area contributed by atoms with Crippen LogP contribution in [0.3, 0.4) is 0 Å². The summed E-state index contributed by atoms with van der Waals surface area (Å²) in [5, 5.41) is 14.8. The van der Waals surface area contributed by atoms with Gasteiger partial charge in [-0.15, -0.1) is 0 Å². The van der Waals surface area contributed by atoms with Crippen LogP contribution in [0.5, 0.6) is 0 Å². The van der Waals surface area contributed by atoms with Crippen molar-refractivity contribution >= 4 is 17.7 Å². The lowest BCUT2D eigenvalue weighted by Gasteiger charge is -2.22. The number of aliphatic hydroxyl groups excluding tert-OH is 1. The molecule has 1 atom stereocenters. The third-order valence-electron chi connectivity index (χ3n) is 2.34. The Hall–Kier alpha value is -0.260. The fourth-order valence-corrected chi connectivity index (χ4v) is 2.46. The smallest absolute Gasteiger partial charge is 0.221 e. The number of unbranched alkanes of at least 4 members (excludes halogenated alkanes) is 1. The monoisotopic (exact) mass is 232 g/mol. The van der Waals surface area contributed by atoms with Crippen molar-refractivity contribution in [3.8, 4) is 0 Å². The van der Waals surface area contributed by atoms with E-state index >= 15 is 0 Å². The van der Waals surface area contributed by atoms with Gasteiger partial charge in [-0.05, 0) is 12.8 Å². The van der Waals surface area contributed by atoms with Gasteiger partial charge in [0.15, 0.2) is 0 Å². The van der Waals surface area contributed by atoms with Gasteiger partial charge in [-0.25, -0.2) is 0 Å². The summed E-state index contributed by atoms with van der Waals surface area (Å²) >= 11 is 1.90. The summed E-state index contributed by atoms with van der Waals surface area (Å²) in [6, 6.07) is 0.335. The van der Waals surface area contributed by atoms with Crippen molar-refractivity contribution < 1.29 is 9.90 Å². The Balaban J connectivity index is 2.01. The zero-order chi connectivity index (χ0) is 10.9. The predicted molar refractivity (Wildman–Crippen MR) is 63.1 cm³/mol. The fourth-order valence-electron chi connectivity index (χ4n) is 1.51. The molecule has 1 amide bonds. The normalized spacial score (nSPS) is 21.3. The lowest BCUT2D eigenvalue weighted by Crippen LogP contribution is -2.41. The maximum absolute atomic E-state index is 11.5. The van der Waals surface area contributed by atoms with Crippen LogP contribution in [0.2, 0.25) is 0 Å². The Kier molecular flexibility index (Phi) is 6.80. The van der Waals surface area contributed by atoms with Gasteiger partial charge in [-0.2, -0.15) is 11.8 Å². The Morgan fingerprint density at radius 1 is 1.53 bits per heavy atom. The second-order valence-corrected chi connectivity index (χ2v) is 4.86. The first kappa shape index (κ1) is 12.8. The molecule has 0 saturated carbocycles. The summed E-state index contributed by atoms with van der Waals surface area (Å²) in [6.45, 7) is 1.89. The Bertz CT molecular complexity index is 184. The van der Waals surface area contributed by atoms with Gasteiger partial charge in [0.1, 0.15) is 0 Å². The zero-order valence-corrected chi connectivity index (χ0v) is 9.81. The average Bonchev–Trinajstić information content (AvgIpc) is 2.26. The maximum atomic E-state index is 11.5. The van der Waals surface area contributed by atoms with E-state index in [4.69, 9.17) is 5.11 Å². The molecule has 1 unspecified atom stereocenters. The number of thioether (sulfide) groups is 1. The van der Waals surface area contributed by atoms with E-state index in [1.54, 1.807) is 0 Å². The molecular formula is C10H20N2O2S. The molecule has 0 aromatic heterocycles. The van der Waals surface area contributed by atoms with Crippen molar-refractivity contribution in [1.29, 1.82) is 0 Å². The van der Waals surface area contributed by atoms with Crippen LogP contribution >= 0.6 is 11.8 Å². The standard InChI is InChI=1S/C10H20N2O2S/c13-5-2-1-3-12-10(14)7-9-8-15-6-4-11-9/h9,11,13H,1-8H2,(H,12,14). The number of nitrogens with one attached hydrogen (secondary N) is 2. The first-order valence-electron chi connectivity index (χ1n) is 5.51. The molecule has 0 radical (unpaired) electrons. The molecule has 1 saturated heterocycles. The van der Waals surface area contributed by atoms with Gasteiger partial charge in [0.05, 0.1) is 0 Å². The predicted octanol–water partition coefficient (Wildman–Crippen LogP) is -0.0298. The first-order chi connectivity index (χ1) is 7.33. The molecule has 0 aromatic rings. The molecule has 15 heavy (non-hydrogen) atoms. The van der Waals surface area contributed by atoms with Crippen LogP contribution in [-0.4, -0.2) is 48.3 Å². The third kappa shape index (κ3) is 6.02. The van der Waals surface area contributed by atoms with E-state index < -0.39 is 0 Å². The largest absolute Gasteiger partial charge is 0.396 e. The van der Waals surface area contributed by atoms with Gasteiger partial charge in [-0.3, -0.25) is 4.79 Å². The van der Waals surface area contributed by atoms with Crippen LogP contribution in [-0.2, 0) is 4.79 Å². The highest BCUT2D eigenvalue weighted by molar-refractivity contribution is 7.99. The van der Waals surface area contributed by atoms with Crippen LogP contribution in [0.1, 0.15) is 19.3 Å². The molecule has 1 aliphatic heterocycles. The number of hydrogen-bond acceptors (Lipinski definition) is 4. The summed E-state index contributed by atoms with van der Waals surface area (Å²) < 4.78 is 0. The molecule has 5 heteroatoms. The Morgan fingerprint density at radius 2 is 2.40 bits per heavy atom. The van der Waals surface area contributed by atoms with Crippen molar-refractivity contribution in [2.45, 2.75) is 25.3 Å². The molecule has 1 aliphatic rings. The summed E-state index contributed by atoms with van der Waals surface area (Å²) in [5.74, 6) is 2.30. The van der Waals surface area contributed by atoms with Gasteiger partial charge < -0.3 is 15.7 Å². The second kappa shape index (κ2) is 7.96. The Morgan fingerprint density at radius 3 is 3.07 bits per heavy atom. The highest BCUT2D eigenvalue weighted by atomic mass is 32.2. The van der Waals surface area contributed by atoms with E-state index in [2.05, 4.69) is 10.6 Å². The van der Waals surface area contributed by atoms with Crippen LogP contribution in [0.4, 0.5) is 0 Å². The molecule has 4 nitrogen and oxygen atoms in total. The highest BCUT2D eigenvalue weighted by Gasteiger charge is 2.15. The van der Waals surface area contributed by atoms with E-state index in [0.717, 1.165) is 30.9 Å². The second-order valence-electron chi connectivity index (χ2n) is 3.71. The van der Waals surface area contributed by atoms with Crippen molar-refractivity contribution in [3.63, 3.8) is 0 Å². The van der Waals surface area contributed by atoms with Crippen LogP contribution < -0.4 is 10.6 Å².